The third-order valence-corrected chi connectivity index (χ3v) is 3.80. The van der Waals surface area contributed by atoms with Crippen LogP contribution in [0.3, 0.4) is 0 Å². The minimum atomic E-state index is -3.50. The Morgan fingerprint density at radius 1 is 1.57 bits per heavy atom. The second-order valence-corrected chi connectivity index (χ2v) is 6.69. The van der Waals surface area contributed by atoms with Crippen LogP contribution in [-0.4, -0.2) is 51.9 Å². The van der Waals surface area contributed by atoms with Crippen LogP contribution in [0.15, 0.2) is 0 Å². The average molecular weight is 242 g/mol. The number of nitrogens with zero attached hydrogens (tertiary/aromatic N) is 1. The summed E-state index contributed by atoms with van der Waals surface area (Å²) in [5.41, 5.74) is -0.617. The fraction of sp³-hybridized carbons (Fsp3) is 1.00. The number of rotatable bonds is 3. The van der Waals surface area contributed by atoms with Gasteiger partial charge in [-0.15, -0.1) is 0 Å². The molecular weight excluding hydrogens is 226 g/mol. The van der Waals surface area contributed by atoms with E-state index in [0.29, 0.717) is 6.54 Å². The lowest BCUT2D eigenvalue weighted by atomic mass is 9.95. The Morgan fingerprint density at radius 3 is 2.64 bits per heavy atom. The average Bonchev–Trinajstić information content (AvgIpc) is 2.01. The smallest absolute Gasteiger partial charge is 0.235 e. The van der Waals surface area contributed by atoms with Crippen molar-refractivity contribution in [2.45, 2.75) is 18.4 Å². The largest absolute Gasteiger partial charge is 0.376 e. The summed E-state index contributed by atoms with van der Waals surface area (Å²) >= 11 is 0. The van der Waals surface area contributed by atoms with E-state index >= 15 is 0 Å². The van der Waals surface area contributed by atoms with E-state index < -0.39 is 14.7 Å². The second-order valence-electron chi connectivity index (χ2n) is 3.91. The standard InChI is InChI=1S/C8H16ClNO3S/c1-10-5-3-4-8(6-10,13-2)7-14(9,11)12/h3-7H2,1-2H3. The van der Waals surface area contributed by atoms with E-state index in [2.05, 4.69) is 4.90 Å². The number of halogens is 1. The first-order valence-corrected chi connectivity index (χ1v) is 7.01. The lowest BCUT2D eigenvalue weighted by Gasteiger charge is -2.39. The molecule has 14 heavy (non-hydrogen) atoms. The molecule has 1 heterocycles. The van der Waals surface area contributed by atoms with E-state index in [4.69, 9.17) is 15.4 Å². The molecule has 1 saturated heterocycles. The van der Waals surface area contributed by atoms with Gasteiger partial charge in [-0.2, -0.15) is 0 Å². The Labute approximate surface area is 89.6 Å². The molecule has 1 atom stereocenters. The summed E-state index contributed by atoms with van der Waals surface area (Å²) in [5.74, 6) is -0.109. The van der Waals surface area contributed by atoms with Gasteiger partial charge in [-0.25, -0.2) is 8.42 Å². The summed E-state index contributed by atoms with van der Waals surface area (Å²) in [6.45, 7) is 1.60. The molecule has 1 aliphatic rings. The minimum Gasteiger partial charge on any atom is -0.376 e. The topological polar surface area (TPSA) is 46.6 Å². The van der Waals surface area contributed by atoms with E-state index in [1.165, 1.54) is 0 Å². The van der Waals surface area contributed by atoms with E-state index in [0.717, 1.165) is 19.4 Å². The Morgan fingerprint density at radius 2 is 2.21 bits per heavy atom. The Hall–Kier alpha value is 0.160. The number of piperidine rings is 1. The van der Waals surface area contributed by atoms with Crippen molar-refractivity contribution in [3.63, 3.8) is 0 Å². The predicted molar refractivity (Wildman–Crippen MR) is 56.1 cm³/mol. The van der Waals surface area contributed by atoms with Crippen molar-refractivity contribution in [3.8, 4) is 0 Å². The predicted octanol–water partition coefficient (Wildman–Crippen LogP) is 0.666. The van der Waals surface area contributed by atoms with Crippen molar-refractivity contribution in [2.24, 2.45) is 0 Å². The summed E-state index contributed by atoms with van der Waals surface area (Å²) in [6.07, 6.45) is 1.69. The molecule has 0 amide bonds. The maximum absolute atomic E-state index is 11.0. The van der Waals surface area contributed by atoms with Gasteiger partial charge in [0.05, 0.1) is 11.4 Å². The molecule has 84 valence electrons. The number of hydrogen-bond acceptors (Lipinski definition) is 4. The second kappa shape index (κ2) is 4.35. The molecule has 1 rings (SSSR count). The molecule has 0 N–H and O–H groups in total. The summed E-state index contributed by atoms with van der Waals surface area (Å²) in [6, 6.07) is 0. The number of methoxy groups -OCH3 is 1. The first-order valence-electron chi connectivity index (χ1n) is 4.53. The molecule has 0 aliphatic carbocycles. The Kier molecular flexibility index (Phi) is 3.80. The van der Waals surface area contributed by atoms with Crippen LogP contribution in [0.2, 0.25) is 0 Å². The van der Waals surface area contributed by atoms with Gasteiger partial charge in [0.25, 0.3) is 0 Å². The highest BCUT2D eigenvalue weighted by Crippen LogP contribution is 2.26. The monoisotopic (exact) mass is 241 g/mol. The van der Waals surface area contributed by atoms with E-state index in [1.54, 1.807) is 7.11 Å². The van der Waals surface area contributed by atoms with Gasteiger partial charge in [0.15, 0.2) is 0 Å². The summed E-state index contributed by atoms with van der Waals surface area (Å²) in [7, 11) is 5.25. The van der Waals surface area contributed by atoms with Crippen LogP contribution < -0.4 is 0 Å². The van der Waals surface area contributed by atoms with E-state index in [1.807, 2.05) is 7.05 Å². The van der Waals surface area contributed by atoms with Crippen LogP contribution >= 0.6 is 10.7 Å². The van der Waals surface area contributed by atoms with Crippen LogP contribution in [0.1, 0.15) is 12.8 Å². The summed E-state index contributed by atoms with van der Waals surface area (Å²) < 4.78 is 27.4. The van der Waals surface area contributed by atoms with Crippen molar-refractivity contribution in [1.82, 2.24) is 4.90 Å². The zero-order valence-electron chi connectivity index (χ0n) is 8.49. The molecular formula is C8H16ClNO3S. The number of likely N-dealkylation sites (N-methyl/N-ethyl adjacent to an activating group) is 1. The van der Waals surface area contributed by atoms with Gasteiger partial charge in [-0.05, 0) is 26.4 Å². The Bertz CT molecular complexity index is 293. The molecule has 1 fully saturated rings. The van der Waals surface area contributed by atoms with Crippen molar-refractivity contribution >= 4 is 19.7 Å². The van der Waals surface area contributed by atoms with Crippen LogP contribution in [-0.2, 0) is 13.8 Å². The van der Waals surface area contributed by atoms with Gasteiger partial charge in [0.1, 0.15) is 0 Å². The number of hydrogen-bond donors (Lipinski definition) is 0. The van der Waals surface area contributed by atoms with Gasteiger partial charge in [-0.3, -0.25) is 0 Å². The maximum Gasteiger partial charge on any atom is 0.235 e. The third-order valence-electron chi connectivity index (χ3n) is 2.60. The number of ether oxygens (including phenoxy) is 1. The molecule has 1 unspecified atom stereocenters. The van der Waals surface area contributed by atoms with Gasteiger partial charge in [-0.1, -0.05) is 0 Å². The zero-order valence-corrected chi connectivity index (χ0v) is 10.1. The molecule has 6 heteroatoms. The molecule has 0 bridgehead atoms. The Balaban J connectivity index is 2.75. The SMILES string of the molecule is COC1(CS(=O)(=O)Cl)CCCN(C)C1. The summed E-state index contributed by atoms with van der Waals surface area (Å²) in [5, 5.41) is 0. The molecule has 4 nitrogen and oxygen atoms in total. The summed E-state index contributed by atoms with van der Waals surface area (Å²) in [4.78, 5) is 2.06. The molecule has 0 aromatic carbocycles. The minimum absolute atomic E-state index is 0.109. The van der Waals surface area contributed by atoms with Crippen molar-refractivity contribution < 1.29 is 13.2 Å². The maximum atomic E-state index is 11.0. The lowest BCUT2D eigenvalue weighted by molar-refractivity contribution is -0.0413. The highest BCUT2D eigenvalue weighted by Gasteiger charge is 2.38. The van der Waals surface area contributed by atoms with E-state index in [9.17, 15) is 8.42 Å². The van der Waals surface area contributed by atoms with Gasteiger partial charge in [0, 0.05) is 24.3 Å². The molecule has 0 aromatic rings. The van der Waals surface area contributed by atoms with Crippen molar-refractivity contribution in [3.05, 3.63) is 0 Å². The fourth-order valence-corrected chi connectivity index (χ4v) is 3.56. The van der Waals surface area contributed by atoms with Crippen LogP contribution in [0.25, 0.3) is 0 Å². The molecule has 0 radical (unpaired) electrons. The molecule has 0 saturated carbocycles. The third kappa shape index (κ3) is 3.38. The quantitative estimate of drug-likeness (QED) is 0.682. The van der Waals surface area contributed by atoms with Crippen molar-refractivity contribution in [1.29, 1.82) is 0 Å². The number of likely N-dealkylation sites (tertiary alicyclic amines) is 1. The molecule has 0 aromatic heterocycles. The van der Waals surface area contributed by atoms with Crippen LogP contribution in [0, 0.1) is 0 Å². The highest BCUT2D eigenvalue weighted by atomic mass is 35.7. The normalized spacial score (nSPS) is 30.5. The fourth-order valence-electron chi connectivity index (χ4n) is 1.98. The van der Waals surface area contributed by atoms with E-state index in [-0.39, 0.29) is 5.75 Å². The van der Waals surface area contributed by atoms with Gasteiger partial charge >= 0.3 is 0 Å². The zero-order chi connectivity index (χ0) is 10.8. The lowest BCUT2D eigenvalue weighted by Crippen LogP contribution is -2.51. The highest BCUT2D eigenvalue weighted by molar-refractivity contribution is 8.13. The first kappa shape index (κ1) is 12.2. The van der Waals surface area contributed by atoms with Gasteiger partial charge in [0.2, 0.25) is 9.05 Å². The van der Waals surface area contributed by atoms with Crippen LogP contribution in [0.4, 0.5) is 0 Å². The molecule has 1 aliphatic heterocycles. The van der Waals surface area contributed by atoms with Crippen LogP contribution in [0.5, 0.6) is 0 Å². The van der Waals surface area contributed by atoms with Gasteiger partial charge < -0.3 is 9.64 Å². The van der Waals surface area contributed by atoms with Crippen molar-refractivity contribution in [2.75, 3.05) is 33.0 Å². The first-order chi connectivity index (χ1) is 6.37. The molecule has 0 spiro atoms.